The van der Waals surface area contributed by atoms with Crippen LogP contribution in [-0.2, 0) is 21.3 Å². The Bertz CT molecular complexity index is 1470. The quantitative estimate of drug-likeness (QED) is 0.413. The second kappa shape index (κ2) is 11.0. The van der Waals surface area contributed by atoms with Crippen molar-refractivity contribution in [2.24, 2.45) is 57.8 Å². The molecule has 1 aromatic heterocycles. The SMILES string of the molecule is C[C@@H]1CC([C@H](O)C(C)(C)O)OC2[C@H]1C1(C)CCC34CC35CC[C@H](O[C@H]3CN(C(=O)c6nccn6C)CCO3)C(C)(C)[C@@H]5CCC4[C@]1(C)[C@H]2O. The minimum Gasteiger partial charge on any atom is -0.390 e. The maximum Gasteiger partial charge on any atom is 0.290 e. The lowest BCUT2D eigenvalue weighted by atomic mass is 9.41. The van der Waals surface area contributed by atoms with Gasteiger partial charge in [0.1, 0.15) is 6.10 Å². The van der Waals surface area contributed by atoms with Crippen molar-refractivity contribution < 1.29 is 34.3 Å². The first-order valence-electron chi connectivity index (χ1n) is 19.2. The number of morpholine rings is 1. The minimum atomic E-state index is -1.26. The summed E-state index contributed by atoms with van der Waals surface area (Å²) in [7, 11) is 1.84. The zero-order valence-corrected chi connectivity index (χ0v) is 31.0. The van der Waals surface area contributed by atoms with Gasteiger partial charge in [0.2, 0.25) is 0 Å². The first kappa shape index (κ1) is 34.5. The van der Waals surface area contributed by atoms with E-state index in [2.05, 4.69) is 39.6 Å². The number of ether oxygens (including phenoxy) is 3. The van der Waals surface area contributed by atoms with Crippen molar-refractivity contribution in [2.75, 3.05) is 19.7 Å². The third kappa shape index (κ3) is 4.52. The fourth-order valence-electron chi connectivity index (χ4n) is 14.0. The monoisotopic (exact) mass is 683 g/mol. The van der Waals surface area contributed by atoms with Crippen LogP contribution in [0.4, 0.5) is 0 Å². The molecule has 274 valence electrons. The number of carbonyl (C=O) groups is 1. The molecule has 3 heterocycles. The van der Waals surface area contributed by atoms with E-state index in [1.165, 1.54) is 12.8 Å². The van der Waals surface area contributed by atoms with Crippen LogP contribution in [-0.4, -0.2) is 97.8 Å². The number of nitrogens with zero attached hydrogens (tertiary/aromatic N) is 3. The average molecular weight is 684 g/mol. The van der Waals surface area contributed by atoms with E-state index in [0.29, 0.717) is 43.8 Å². The van der Waals surface area contributed by atoms with E-state index < -0.39 is 30.2 Å². The normalized spacial score (nSPS) is 49.2. The Balaban J connectivity index is 1.01. The number of amides is 1. The first-order chi connectivity index (χ1) is 22.9. The molecule has 10 nitrogen and oxygen atoms in total. The van der Waals surface area contributed by atoms with Crippen LogP contribution in [0.5, 0.6) is 0 Å². The van der Waals surface area contributed by atoms with E-state index in [0.717, 1.165) is 32.1 Å². The maximum absolute atomic E-state index is 13.2. The first-order valence-corrected chi connectivity index (χ1v) is 19.2. The second-order valence-corrected chi connectivity index (χ2v) is 19.2. The number of hydrogen-bond acceptors (Lipinski definition) is 8. The van der Waals surface area contributed by atoms with Gasteiger partial charge >= 0.3 is 0 Å². The molecular weight excluding hydrogens is 622 g/mol. The third-order valence-corrected chi connectivity index (χ3v) is 16.5. The van der Waals surface area contributed by atoms with Gasteiger partial charge < -0.3 is 39.0 Å². The van der Waals surface area contributed by atoms with Gasteiger partial charge in [0.25, 0.3) is 5.91 Å². The number of carbonyl (C=O) groups excluding carboxylic acids is 1. The summed E-state index contributed by atoms with van der Waals surface area (Å²) in [6.07, 6.45) is 9.19. The van der Waals surface area contributed by atoms with Gasteiger partial charge in [-0.05, 0) is 111 Å². The van der Waals surface area contributed by atoms with Gasteiger partial charge in [-0.15, -0.1) is 0 Å². The van der Waals surface area contributed by atoms with Gasteiger partial charge in [-0.25, -0.2) is 4.98 Å². The summed E-state index contributed by atoms with van der Waals surface area (Å²) in [4.78, 5) is 19.3. The van der Waals surface area contributed by atoms with Gasteiger partial charge in [-0.3, -0.25) is 4.79 Å². The molecule has 6 unspecified atom stereocenters. The van der Waals surface area contributed by atoms with Crippen LogP contribution in [0.15, 0.2) is 12.4 Å². The largest absolute Gasteiger partial charge is 0.390 e. The van der Waals surface area contributed by atoms with E-state index in [9.17, 15) is 20.1 Å². The molecule has 49 heavy (non-hydrogen) atoms. The molecule has 10 heteroatoms. The van der Waals surface area contributed by atoms with E-state index in [1.807, 2.05) is 11.9 Å². The molecule has 8 rings (SSSR count). The minimum absolute atomic E-state index is 0.0447. The molecule has 3 N–H and O–H groups in total. The van der Waals surface area contributed by atoms with Crippen LogP contribution in [0.3, 0.4) is 0 Å². The van der Waals surface area contributed by atoms with Crippen molar-refractivity contribution in [3.05, 3.63) is 18.2 Å². The fourth-order valence-corrected chi connectivity index (χ4v) is 14.0. The molecule has 5 aliphatic carbocycles. The van der Waals surface area contributed by atoms with Gasteiger partial charge in [0.15, 0.2) is 12.1 Å². The number of hydrogen-bond donors (Lipinski definition) is 3. The molecule has 7 aliphatic rings. The van der Waals surface area contributed by atoms with Crippen molar-refractivity contribution in [3.63, 3.8) is 0 Å². The molecule has 2 saturated heterocycles. The molecule has 0 aromatic carbocycles. The molecule has 1 amide bonds. The highest BCUT2D eigenvalue weighted by Gasteiger charge is 2.84. The van der Waals surface area contributed by atoms with Crippen LogP contribution in [0, 0.1) is 50.7 Å². The van der Waals surface area contributed by atoms with E-state index in [4.69, 9.17) is 14.2 Å². The number of fused-ring (bicyclic) bond motifs is 4. The number of aliphatic hydroxyl groups excluding tert-OH is 2. The predicted octanol–water partition coefficient (Wildman–Crippen LogP) is 4.55. The van der Waals surface area contributed by atoms with Gasteiger partial charge in [0.05, 0.1) is 43.2 Å². The Morgan fingerprint density at radius 2 is 1.82 bits per heavy atom. The maximum atomic E-state index is 13.2. The van der Waals surface area contributed by atoms with Crippen molar-refractivity contribution >= 4 is 5.91 Å². The van der Waals surface area contributed by atoms with Crippen LogP contribution < -0.4 is 0 Å². The lowest BCUT2D eigenvalue weighted by Gasteiger charge is -2.64. The van der Waals surface area contributed by atoms with E-state index in [-0.39, 0.29) is 57.0 Å². The fraction of sp³-hybridized carbons (Fsp3) is 0.897. The number of aliphatic hydroxyl groups is 3. The van der Waals surface area contributed by atoms with Crippen LogP contribution >= 0.6 is 0 Å². The standard InChI is InChI=1S/C39H61N3O7/c1-22-19-23(30(43)35(4,5)46)48-29-28(22)36(6)13-14-39-21-38(39)12-11-26(34(2,3)24(38)9-10-25(39)37(36,7)31(29)44)49-27-20-42(17-18-47-27)33(45)32-40-15-16-41(32)8/h15-16,22-31,43-44,46H,9-14,17-21H2,1-8H3/t22-,23?,24+,25?,26+,27+,28+,29?,30+,31+,36?,37-,38?,39?/m1/s1. The highest BCUT2D eigenvalue weighted by Crippen LogP contribution is 2.89. The molecule has 5 saturated carbocycles. The van der Waals surface area contributed by atoms with E-state index in [1.54, 1.807) is 30.8 Å². The van der Waals surface area contributed by atoms with Crippen LogP contribution in [0.25, 0.3) is 0 Å². The molecule has 14 atom stereocenters. The summed E-state index contributed by atoms with van der Waals surface area (Å²) in [5, 5.41) is 34.2. The lowest BCUT2D eigenvalue weighted by molar-refractivity contribution is -0.245. The molecular formula is C39H61N3O7. The highest BCUT2D eigenvalue weighted by molar-refractivity contribution is 5.90. The summed E-state index contributed by atoms with van der Waals surface area (Å²) in [6.45, 7) is 16.6. The van der Waals surface area contributed by atoms with Gasteiger partial charge in [-0.2, -0.15) is 0 Å². The highest BCUT2D eigenvalue weighted by atomic mass is 16.7. The molecule has 2 spiro atoms. The van der Waals surface area contributed by atoms with Crippen molar-refractivity contribution in [3.8, 4) is 0 Å². The van der Waals surface area contributed by atoms with Gasteiger partial charge in [-0.1, -0.05) is 34.6 Å². The molecule has 2 aliphatic heterocycles. The summed E-state index contributed by atoms with van der Waals surface area (Å²) in [6, 6.07) is 0. The third-order valence-electron chi connectivity index (χ3n) is 16.5. The van der Waals surface area contributed by atoms with Crippen LogP contribution in [0.1, 0.15) is 110 Å². The zero-order valence-electron chi connectivity index (χ0n) is 31.0. The Hall–Kier alpha value is -1.56. The van der Waals surface area contributed by atoms with Crippen molar-refractivity contribution in [1.29, 1.82) is 0 Å². The molecule has 1 aromatic rings. The lowest BCUT2D eigenvalue weighted by Crippen LogP contribution is -2.60. The average Bonchev–Trinajstić information content (AvgIpc) is 3.45. The number of imidazole rings is 1. The predicted molar refractivity (Wildman–Crippen MR) is 182 cm³/mol. The summed E-state index contributed by atoms with van der Waals surface area (Å²) >= 11 is 0. The summed E-state index contributed by atoms with van der Waals surface area (Å²) < 4.78 is 21.4. The topological polar surface area (TPSA) is 127 Å². The van der Waals surface area contributed by atoms with Gasteiger partial charge in [0, 0.05) is 31.4 Å². The van der Waals surface area contributed by atoms with E-state index >= 15 is 0 Å². The van der Waals surface area contributed by atoms with Crippen LogP contribution in [0.2, 0.25) is 0 Å². The number of rotatable bonds is 5. The Labute approximate surface area is 292 Å². The Kier molecular flexibility index (Phi) is 7.74. The van der Waals surface area contributed by atoms with Crippen molar-refractivity contribution in [1.82, 2.24) is 14.5 Å². The molecule has 0 radical (unpaired) electrons. The second-order valence-electron chi connectivity index (χ2n) is 19.2. The zero-order chi connectivity index (χ0) is 35.1. The number of aryl methyl sites for hydroxylation is 1. The summed E-state index contributed by atoms with van der Waals surface area (Å²) in [5.41, 5.74) is -1.17. The summed E-state index contributed by atoms with van der Waals surface area (Å²) in [5.74, 6) is 1.81. The molecule has 7 fully saturated rings. The smallest absolute Gasteiger partial charge is 0.290 e. The molecule has 0 bridgehead atoms. The Morgan fingerprint density at radius 1 is 1.10 bits per heavy atom. The van der Waals surface area contributed by atoms with Crippen molar-refractivity contribution in [2.45, 2.75) is 142 Å². The Morgan fingerprint density at radius 3 is 2.51 bits per heavy atom. The number of aromatic nitrogens is 2.